The van der Waals surface area contributed by atoms with E-state index in [1.54, 1.807) is 19.2 Å². The van der Waals surface area contributed by atoms with Crippen molar-refractivity contribution < 1.29 is 26.7 Å². The van der Waals surface area contributed by atoms with E-state index in [0.717, 1.165) is 18.3 Å². The van der Waals surface area contributed by atoms with Crippen LogP contribution in [0.5, 0.6) is 0 Å². The molecule has 0 unspecified atom stereocenters. The normalized spacial score (nSPS) is 10.8. The Labute approximate surface area is 161 Å². The second-order valence-corrected chi connectivity index (χ2v) is 5.94. The van der Waals surface area contributed by atoms with E-state index >= 15 is 0 Å². The number of rotatable bonds is 3. The largest absolute Gasteiger partial charge is 0.407 e. The van der Waals surface area contributed by atoms with E-state index in [4.69, 9.17) is 0 Å². The molecule has 1 N–H and O–H groups in total. The summed E-state index contributed by atoms with van der Waals surface area (Å²) in [7, 11) is 1.57. The number of nitrogens with one attached hydrogen (secondary N) is 1. The number of alkyl halides is 3. The van der Waals surface area contributed by atoms with Crippen molar-refractivity contribution in [3.8, 4) is 11.1 Å². The van der Waals surface area contributed by atoms with Gasteiger partial charge in [0.05, 0.1) is 11.8 Å². The van der Waals surface area contributed by atoms with Gasteiger partial charge in [0.2, 0.25) is 0 Å². The molecule has 3 rings (SSSR count). The van der Waals surface area contributed by atoms with Gasteiger partial charge in [-0.15, -0.1) is 0 Å². The van der Waals surface area contributed by atoms with Crippen LogP contribution >= 0.6 is 11.6 Å². The molecule has 0 aliphatic rings. The maximum atomic E-state index is 13.3. The Hall–Kier alpha value is -2.94. The van der Waals surface area contributed by atoms with Gasteiger partial charge in [0.1, 0.15) is 5.82 Å². The smallest absolute Gasteiger partial charge is 0.279 e. The number of carbonyl (C=O) groups is 1. The Balaban J connectivity index is 0.000000203. The molecule has 148 valence electrons. The number of nitrogens with zero attached hydrogens (tertiary/aromatic N) is 2. The van der Waals surface area contributed by atoms with E-state index in [2.05, 4.69) is 16.7 Å². The number of benzene rings is 2. The lowest BCUT2D eigenvalue weighted by Gasteiger charge is -2.07. The first-order valence-corrected chi connectivity index (χ1v) is 8.02. The lowest BCUT2D eigenvalue weighted by atomic mass is 10.1. The van der Waals surface area contributed by atoms with Crippen molar-refractivity contribution in [3.63, 3.8) is 0 Å². The Bertz CT molecular complexity index is 972. The van der Waals surface area contributed by atoms with E-state index in [0.29, 0.717) is 5.56 Å². The fourth-order valence-electron chi connectivity index (χ4n) is 2.10. The molecule has 0 atom stereocenters. The monoisotopic (exact) mass is 417 g/mol. The average Bonchev–Trinajstić information content (AvgIpc) is 3.04. The highest BCUT2D eigenvalue weighted by molar-refractivity contribution is 6.22. The van der Waals surface area contributed by atoms with Crippen LogP contribution in [0.25, 0.3) is 11.1 Å². The second kappa shape index (κ2) is 8.83. The van der Waals surface area contributed by atoms with Gasteiger partial charge in [-0.25, -0.2) is 13.2 Å². The van der Waals surface area contributed by atoms with Crippen molar-refractivity contribution in [3.05, 3.63) is 77.9 Å². The van der Waals surface area contributed by atoms with Gasteiger partial charge in [-0.2, -0.15) is 13.9 Å². The predicted molar refractivity (Wildman–Crippen MR) is 93.2 cm³/mol. The zero-order valence-corrected chi connectivity index (χ0v) is 15.0. The number of hydrogen-bond donors (Lipinski definition) is 1. The number of carbonyl (C=O) groups excluding carboxylic acids is 1. The third-order valence-corrected chi connectivity index (χ3v) is 3.42. The fraction of sp³-hybridized carbons (Fsp3) is 0.111. The Morgan fingerprint density at radius 2 is 1.75 bits per heavy atom. The molecule has 3 aromatic rings. The van der Waals surface area contributed by atoms with E-state index in [1.807, 2.05) is 0 Å². The summed E-state index contributed by atoms with van der Waals surface area (Å²) in [5.74, 6) is -3.33. The topological polar surface area (TPSA) is 46.9 Å². The quantitative estimate of drug-likeness (QED) is 0.381. The standard InChI is InChI=1S/C12H7F3.C6H6ClF2N3O/c13-10-4-2-1-3-9(10)8-5-6-11(14)12(15)7-8;1-12-3-4(2-10-12)5(13)11-6(7,8)9/h1-7H;2-3H,1H3,(H,11,13). The van der Waals surface area contributed by atoms with Crippen molar-refractivity contribution in [1.29, 1.82) is 0 Å². The lowest BCUT2D eigenvalue weighted by molar-refractivity contribution is 0.0461. The van der Waals surface area contributed by atoms with E-state index in [9.17, 15) is 26.7 Å². The van der Waals surface area contributed by atoms with Crippen LogP contribution in [-0.4, -0.2) is 21.2 Å². The summed E-state index contributed by atoms with van der Waals surface area (Å²) in [6.07, 6.45) is 2.47. The molecular formula is C18H13ClF5N3O. The number of aryl methyl sites for hydroxylation is 1. The minimum Gasteiger partial charge on any atom is -0.279 e. The maximum Gasteiger partial charge on any atom is 0.407 e. The van der Waals surface area contributed by atoms with Gasteiger partial charge in [0.15, 0.2) is 11.6 Å². The molecule has 0 bridgehead atoms. The molecule has 0 spiro atoms. The molecule has 10 heteroatoms. The lowest BCUT2D eigenvalue weighted by Crippen LogP contribution is -2.36. The van der Waals surface area contributed by atoms with Gasteiger partial charge >= 0.3 is 5.51 Å². The molecule has 0 saturated heterocycles. The Morgan fingerprint density at radius 3 is 2.29 bits per heavy atom. The van der Waals surface area contributed by atoms with Crippen molar-refractivity contribution >= 4 is 17.5 Å². The first-order chi connectivity index (χ1) is 13.1. The van der Waals surface area contributed by atoms with Crippen molar-refractivity contribution in [2.45, 2.75) is 5.51 Å². The fourth-order valence-corrected chi connectivity index (χ4v) is 2.18. The van der Waals surface area contributed by atoms with Crippen LogP contribution in [0.1, 0.15) is 10.4 Å². The van der Waals surface area contributed by atoms with Crippen LogP contribution in [0.2, 0.25) is 0 Å². The van der Waals surface area contributed by atoms with Crippen LogP contribution in [0.4, 0.5) is 22.0 Å². The highest BCUT2D eigenvalue weighted by Crippen LogP contribution is 2.23. The summed E-state index contributed by atoms with van der Waals surface area (Å²) in [4.78, 5) is 10.9. The second-order valence-electron chi connectivity index (χ2n) is 5.46. The van der Waals surface area contributed by atoms with Crippen LogP contribution in [0, 0.1) is 17.5 Å². The highest BCUT2D eigenvalue weighted by atomic mass is 35.5. The molecule has 4 nitrogen and oxygen atoms in total. The first-order valence-electron chi connectivity index (χ1n) is 7.64. The number of halogens is 6. The van der Waals surface area contributed by atoms with Gasteiger partial charge in [-0.3, -0.25) is 14.8 Å². The third-order valence-electron chi connectivity index (χ3n) is 3.33. The van der Waals surface area contributed by atoms with Crippen molar-refractivity contribution in [1.82, 2.24) is 15.1 Å². The molecule has 0 aliphatic heterocycles. The van der Waals surface area contributed by atoms with Gasteiger partial charge in [0, 0.05) is 18.8 Å². The van der Waals surface area contributed by atoms with Crippen LogP contribution in [-0.2, 0) is 7.05 Å². The summed E-state index contributed by atoms with van der Waals surface area (Å²) in [5, 5.41) is 4.92. The van der Waals surface area contributed by atoms with Crippen LogP contribution < -0.4 is 5.32 Å². The Morgan fingerprint density at radius 1 is 1.07 bits per heavy atom. The molecule has 28 heavy (non-hydrogen) atoms. The number of amides is 1. The van der Waals surface area contributed by atoms with Gasteiger partial charge < -0.3 is 0 Å². The summed E-state index contributed by atoms with van der Waals surface area (Å²) in [6, 6.07) is 9.28. The molecule has 0 aliphatic carbocycles. The molecule has 1 heterocycles. The minimum absolute atomic E-state index is 0.0304. The van der Waals surface area contributed by atoms with E-state index in [-0.39, 0.29) is 11.1 Å². The van der Waals surface area contributed by atoms with Crippen LogP contribution in [0.3, 0.4) is 0 Å². The summed E-state index contributed by atoms with van der Waals surface area (Å²) in [6.45, 7) is 0. The number of hydrogen-bond acceptors (Lipinski definition) is 2. The number of aromatic nitrogens is 2. The first kappa shape index (κ1) is 21.4. The summed E-state index contributed by atoms with van der Waals surface area (Å²) < 4.78 is 64.3. The van der Waals surface area contributed by atoms with Crippen molar-refractivity contribution in [2.75, 3.05) is 0 Å². The maximum absolute atomic E-state index is 13.3. The molecule has 2 aromatic carbocycles. The predicted octanol–water partition coefficient (Wildman–Crippen LogP) is 4.71. The summed E-state index contributed by atoms with van der Waals surface area (Å²) >= 11 is 4.49. The molecule has 0 fully saturated rings. The molecule has 0 radical (unpaired) electrons. The van der Waals surface area contributed by atoms with Gasteiger partial charge in [-0.1, -0.05) is 24.3 Å². The molecular weight excluding hydrogens is 405 g/mol. The van der Waals surface area contributed by atoms with E-state index < -0.39 is 28.9 Å². The van der Waals surface area contributed by atoms with Gasteiger partial charge in [0.25, 0.3) is 5.91 Å². The third kappa shape index (κ3) is 6.05. The minimum atomic E-state index is -3.73. The molecule has 0 saturated carbocycles. The average molecular weight is 418 g/mol. The molecule has 1 aromatic heterocycles. The highest BCUT2D eigenvalue weighted by Gasteiger charge is 2.28. The van der Waals surface area contributed by atoms with Crippen LogP contribution in [0.15, 0.2) is 54.9 Å². The molecule has 1 amide bonds. The van der Waals surface area contributed by atoms with E-state index in [1.165, 1.54) is 34.4 Å². The zero-order valence-electron chi connectivity index (χ0n) is 14.3. The van der Waals surface area contributed by atoms with Gasteiger partial charge in [-0.05, 0) is 35.4 Å². The summed E-state index contributed by atoms with van der Waals surface area (Å²) in [5.41, 5.74) is -3.11. The SMILES string of the molecule is Cn1cc(C(=O)NC(F)(F)Cl)cn1.Fc1ccc(-c2ccccc2F)cc1F. The Kier molecular flexibility index (Phi) is 6.74. The zero-order chi connectivity index (χ0) is 20.9. The van der Waals surface area contributed by atoms with Crippen molar-refractivity contribution in [2.24, 2.45) is 7.05 Å².